The second-order valence-electron chi connectivity index (χ2n) is 5.37. The van der Waals surface area contributed by atoms with Gasteiger partial charge in [0, 0.05) is 19.1 Å². The molecule has 0 unspecified atom stereocenters. The van der Waals surface area contributed by atoms with Crippen molar-refractivity contribution in [3.8, 4) is 5.75 Å². The van der Waals surface area contributed by atoms with Gasteiger partial charge < -0.3 is 20.7 Å². The van der Waals surface area contributed by atoms with E-state index in [1.54, 1.807) is 0 Å². The van der Waals surface area contributed by atoms with E-state index in [4.69, 9.17) is 20.7 Å². The third-order valence-electron chi connectivity index (χ3n) is 3.63. The van der Waals surface area contributed by atoms with Crippen LogP contribution in [0.25, 0.3) is 0 Å². The Morgan fingerprint density at radius 3 is 2.27 bits per heavy atom. The van der Waals surface area contributed by atoms with E-state index in [0.717, 1.165) is 19.3 Å². The normalized spacial score (nSPS) is 10.9. The zero-order valence-corrected chi connectivity index (χ0v) is 13.0. The Balaban J connectivity index is 2.41. The fraction of sp³-hybridized carbons (Fsp3) is 0.588. The number of benzene rings is 1. The quantitative estimate of drug-likeness (QED) is 0.506. The lowest BCUT2D eigenvalue weighted by Crippen LogP contribution is -2.23. The highest BCUT2D eigenvalue weighted by atomic mass is 16.5. The molecule has 0 spiro atoms. The van der Waals surface area contributed by atoms with Gasteiger partial charge in [-0.2, -0.15) is 0 Å². The maximum atomic E-state index is 12.0. The number of aryl methyl sites for hydroxylation is 1. The van der Waals surface area contributed by atoms with Crippen LogP contribution in [0.5, 0.6) is 5.75 Å². The molecule has 0 aromatic heterocycles. The Morgan fingerprint density at radius 2 is 1.73 bits per heavy atom. The SMILES string of the molecule is NCCCCc1ccc(OCC(=O)C(CCO)CCO)cc1. The monoisotopic (exact) mass is 309 g/mol. The summed E-state index contributed by atoms with van der Waals surface area (Å²) >= 11 is 0. The van der Waals surface area contributed by atoms with Crippen molar-refractivity contribution in [2.75, 3.05) is 26.4 Å². The van der Waals surface area contributed by atoms with Crippen molar-refractivity contribution in [3.63, 3.8) is 0 Å². The molecule has 22 heavy (non-hydrogen) atoms. The molecular weight excluding hydrogens is 282 g/mol. The lowest BCUT2D eigenvalue weighted by Gasteiger charge is -2.14. The van der Waals surface area contributed by atoms with Crippen LogP contribution in [0.15, 0.2) is 24.3 Å². The van der Waals surface area contributed by atoms with Gasteiger partial charge >= 0.3 is 0 Å². The van der Waals surface area contributed by atoms with Crippen molar-refractivity contribution in [1.82, 2.24) is 0 Å². The van der Waals surface area contributed by atoms with E-state index in [9.17, 15) is 4.79 Å². The van der Waals surface area contributed by atoms with Crippen LogP contribution in [-0.4, -0.2) is 42.4 Å². The average molecular weight is 309 g/mol. The van der Waals surface area contributed by atoms with Crippen molar-refractivity contribution >= 4 is 5.78 Å². The highest BCUT2D eigenvalue weighted by Crippen LogP contribution is 2.15. The van der Waals surface area contributed by atoms with Crippen molar-refractivity contribution in [2.24, 2.45) is 11.7 Å². The zero-order valence-electron chi connectivity index (χ0n) is 13.0. The third-order valence-corrected chi connectivity index (χ3v) is 3.63. The Bertz CT molecular complexity index is 413. The number of aliphatic hydroxyl groups is 2. The van der Waals surface area contributed by atoms with Gasteiger partial charge in [0.15, 0.2) is 5.78 Å². The van der Waals surface area contributed by atoms with Crippen LogP contribution >= 0.6 is 0 Å². The summed E-state index contributed by atoms with van der Waals surface area (Å²) in [6, 6.07) is 7.71. The summed E-state index contributed by atoms with van der Waals surface area (Å²) in [6.45, 7) is 0.561. The maximum Gasteiger partial charge on any atom is 0.173 e. The highest BCUT2D eigenvalue weighted by molar-refractivity contribution is 5.82. The van der Waals surface area contributed by atoms with Gasteiger partial charge in [0.2, 0.25) is 0 Å². The van der Waals surface area contributed by atoms with Crippen molar-refractivity contribution < 1.29 is 19.7 Å². The highest BCUT2D eigenvalue weighted by Gasteiger charge is 2.17. The first kappa shape index (κ1) is 18.6. The smallest absolute Gasteiger partial charge is 0.173 e. The molecule has 0 saturated carbocycles. The molecule has 0 amide bonds. The van der Waals surface area contributed by atoms with Crippen LogP contribution in [-0.2, 0) is 11.2 Å². The second kappa shape index (κ2) is 11.2. The minimum Gasteiger partial charge on any atom is -0.486 e. The van der Waals surface area contributed by atoms with E-state index in [0.29, 0.717) is 25.1 Å². The molecule has 0 bridgehead atoms. The van der Waals surface area contributed by atoms with Gasteiger partial charge in [-0.25, -0.2) is 0 Å². The topological polar surface area (TPSA) is 92.8 Å². The molecule has 0 atom stereocenters. The van der Waals surface area contributed by atoms with E-state index in [1.165, 1.54) is 5.56 Å². The molecule has 0 saturated heterocycles. The number of aliphatic hydroxyl groups excluding tert-OH is 2. The molecule has 0 aliphatic rings. The number of carbonyl (C=O) groups excluding carboxylic acids is 1. The molecule has 0 aliphatic carbocycles. The van der Waals surface area contributed by atoms with Crippen LogP contribution < -0.4 is 10.5 Å². The van der Waals surface area contributed by atoms with E-state index in [1.807, 2.05) is 24.3 Å². The summed E-state index contributed by atoms with van der Waals surface area (Å²) < 4.78 is 5.49. The van der Waals surface area contributed by atoms with Crippen LogP contribution in [0, 0.1) is 5.92 Å². The van der Waals surface area contributed by atoms with Crippen LogP contribution in [0.3, 0.4) is 0 Å². The number of Topliss-reactive ketones (excluding diaryl/α,β-unsaturated/α-hetero) is 1. The van der Waals surface area contributed by atoms with Crippen molar-refractivity contribution in [1.29, 1.82) is 0 Å². The molecule has 0 fully saturated rings. The Morgan fingerprint density at radius 1 is 1.09 bits per heavy atom. The summed E-state index contributed by atoms with van der Waals surface area (Å²) in [4.78, 5) is 12.0. The number of ketones is 1. The van der Waals surface area contributed by atoms with Crippen LogP contribution in [0.1, 0.15) is 31.2 Å². The predicted octanol–water partition coefficient (Wildman–Crippen LogP) is 1.30. The Kier molecular flexibility index (Phi) is 9.46. The Labute approximate surface area is 132 Å². The minimum atomic E-state index is -0.342. The van der Waals surface area contributed by atoms with Crippen LogP contribution in [0.4, 0.5) is 0 Å². The molecule has 1 aromatic rings. The van der Waals surface area contributed by atoms with E-state index in [2.05, 4.69) is 0 Å². The van der Waals surface area contributed by atoms with E-state index in [-0.39, 0.29) is 31.5 Å². The van der Waals surface area contributed by atoms with Crippen LogP contribution in [0.2, 0.25) is 0 Å². The summed E-state index contributed by atoms with van der Waals surface area (Å²) in [7, 11) is 0. The lowest BCUT2D eigenvalue weighted by molar-refractivity contribution is -0.125. The van der Waals surface area contributed by atoms with Gasteiger partial charge in [-0.05, 0) is 56.3 Å². The predicted molar refractivity (Wildman–Crippen MR) is 85.8 cm³/mol. The van der Waals surface area contributed by atoms with Crippen molar-refractivity contribution in [3.05, 3.63) is 29.8 Å². The zero-order chi connectivity index (χ0) is 16.2. The van der Waals surface area contributed by atoms with Gasteiger partial charge in [0.1, 0.15) is 12.4 Å². The largest absolute Gasteiger partial charge is 0.486 e. The first-order valence-electron chi connectivity index (χ1n) is 7.87. The molecular formula is C17H27NO4. The molecule has 5 heteroatoms. The average Bonchev–Trinajstić information content (AvgIpc) is 2.54. The minimum absolute atomic E-state index is 0.0306. The van der Waals surface area contributed by atoms with Gasteiger partial charge in [-0.3, -0.25) is 4.79 Å². The maximum absolute atomic E-state index is 12.0. The summed E-state index contributed by atoms with van der Waals surface area (Å²) in [5.74, 6) is 0.225. The summed E-state index contributed by atoms with van der Waals surface area (Å²) in [6.07, 6.45) is 3.81. The number of carbonyl (C=O) groups is 1. The molecule has 0 radical (unpaired) electrons. The molecule has 0 heterocycles. The van der Waals surface area contributed by atoms with Gasteiger partial charge in [0.25, 0.3) is 0 Å². The summed E-state index contributed by atoms with van der Waals surface area (Å²) in [5, 5.41) is 17.9. The fourth-order valence-electron chi connectivity index (χ4n) is 2.28. The number of hydrogen-bond acceptors (Lipinski definition) is 5. The molecule has 124 valence electrons. The fourth-order valence-corrected chi connectivity index (χ4v) is 2.28. The summed E-state index contributed by atoms with van der Waals surface area (Å²) in [5.41, 5.74) is 6.70. The number of hydrogen-bond donors (Lipinski definition) is 3. The number of nitrogens with two attached hydrogens (primary N) is 1. The third kappa shape index (κ3) is 7.02. The van der Waals surface area contributed by atoms with E-state index >= 15 is 0 Å². The molecule has 5 nitrogen and oxygen atoms in total. The standard InChI is InChI=1S/C17H27NO4/c18-10-2-1-3-14-4-6-16(7-5-14)22-13-17(21)15(8-11-19)9-12-20/h4-7,15,19-20H,1-3,8-13,18H2. The lowest BCUT2D eigenvalue weighted by atomic mass is 9.97. The first-order chi connectivity index (χ1) is 10.7. The molecule has 4 N–H and O–H groups in total. The molecule has 1 aromatic carbocycles. The number of unbranched alkanes of at least 4 members (excludes halogenated alkanes) is 1. The molecule has 0 aliphatic heterocycles. The number of rotatable bonds is 12. The number of ether oxygens (including phenoxy) is 1. The van der Waals surface area contributed by atoms with Gasteiger partial charge in [0.05, 0.1) is 0 Å². The van der Waals surface area contributed by atoms with Gasteiger partial charge in [-0.15, -0.1) is 0 Å². The van der Waals surface area contributed by atoms with E-state index < -0.39 is 0 Å². The molecule has 1 rings (SSSR count). The van der Waals surface area contributed by atoms with Crippen molar-refractivity contribution in [2.45, 2.75) is 32.1 Å². The second-order valence-corrected chi connectivity index (χ2v) is 5.37. The van der Waals surface area contributed by atoms with Gasteiger partial charge in [-0.1, -0.05) is 12.1 Å². The Hall–Kier alpha value is -1.43. The first-order valence-corrected chi connectivity index (χ1v) is 7.87.